The number of aromatic nitrogens is 2. The quantitative estimate of drug-likeness (QED) is 0.725. The van der Waals surface area contributed by atoms with Crippen LogP contribution in [0.25, 0.3) is 0 Å². The van der Waals surface area contributed by atoms with Crippen molar-refractivity contribution in [2.45, 2.75) is 25.1 Å². The van der Waals surface area contributed by atoms with Crippen LogP contribution in [0.2, 0.25) is 0 Å². The number of carbonyl (C=O) groups is 1. The average Bonchev–Trinajstić information content (AvgIpc) is 2.63. The van der Waals surface area contributed by atoms with Gasteiger partial charge in [-0.15, -0.1) is 0 Å². The molecule has 0 atom stereocenters. The maximum Gasteiger partial charge on any atom is 0.255 e. The lowest BCUT2D eigenvalue weighted by molar-refractivity contribution is -0.129. The number of hydrogen-bond acceptors (Lipinski definition) is 4. The lowest BCUT2D eigenvalue weighted by Gasteiger charge is -2.36. The van der Waals surface area contributed by atoms with Crippen molar-refractivity contribution in [1.29, 1.82) is 0 Å². The summed E-state index contributed by atoms with van der Waals surface area (Å²) in [5.74, 6) is 0.992. The third-order valence-electron chi connectivity index (χ3n) is 4.65. The Morgan fingerprint density at radius 3 is 2.52 bits per heavy atom. The van der Waals surface area contributed by atoms with Gasteiger partial charge in [-0.3, -0.25) is 4.79 Å². The Bertz CT molecular complexity index is 838. The van der Waals surface area contributed by atoms with E-state index in [1.165, 1.54) is 12.1 Å². The van der Waals surface area contributed by atoms with Crippen LogP contribution >= 0.6 is 23.2 Å². The predicted octanol–water partition coefficient (Wildman–Crippen LogP) is 3.28. The fraction of sp³-hybridized carbons (Fsp3) is 0.421. The maximum atomic E-state index is 13.6. The van der Waals surface area contributed by atoms with Gasteiger partial charge >= 0.3 is 0 Å². The van der Waals surface area contributed by atoms with Gasteiger partial charge in [0, 0.05) is 43.9 Å². The zero-order valence-electron chi connectivity index (χ0n) is 15.3. The molecule has 5 nitrogen and oxygen atoms in total. The van der Waals surface area contributed by atoms with Crippen molar-refractivity contribution in [2.75, 3.05) is 31.1 Å². The summed E-state index contributed by atoms with van der Waals surface area (Å²) in [7, 11) is 0. The van der Waals surface area contributed by atoms with Crippen LogP contribution in [0.4, 0.5) is 10.2 Å². The molecule has 0 saturated carbocycles. The fourth-order valence-electron chi connectivity index (χ4n) is 3.31. The molecule has 144 valence electrons. The Morgan fingerprint density at radius 2 is 1.89 bits per heavy atom. The number of aryl methyl sites for hydroxylation is 2. The van der Waals surface area contributed by atoms with Gasteiger partial charge in [0.15, 0.2) is 4.84 Å². The minimum atomic E-state index is -1.04. The lowest BCUT2D eigenvalue weighted by atomic mass is 10.0. The van der Waals surface area contributed by atoms with E-state index in [1.54, 1.807) is 11.0 Å². The molecule has 0 unspecified atom stereocenters. The van der Waals surface area contributed by atoms with E-state index in [0.717, 1.165) is 22.6 Å². The highest BCUT2D eigenvalue weighted by molar-refractivity contribution is 6.53. The number of benzene rings is 1. The molecule has 0 aliphatic carbocycles. The molecule has 1 saturated heterocycles. The largest absolute Gasteiger partial charge is 0.353 e. The first kappa shape index (κ1) is 19.8. The average molecular weight is 411 g/mol. The second-order valence-corrected chi connectivity index (χ2v) is 7.67. The Balaban J connectivity index is 1.84. The molecular weight excluding hydrogens is 390 g/mol. The van der Waals surface area contributed by atoms with Crippen LogP contribution in [0.3, 0.4) is 0 Å². The van der Waals surface area contributed by atoms with E-state index >= 15 is 0 Å². The standard InChI is InChI=1S/C19H21Cl2FN4O/c1-12-16(11-14-4-3-5-15(22)10-14)18(24-13(2)23-12)25-6-8-26(9-7-25)19(27)17(20)21/h3-5,10,17H,6-9,11H2,1-2H3. The molecule has 1 aromatic carbocycles. The van der Waals surface area contributed by atoms with Crippen molar-refractivity contribution in [1.82, 2.24) is 14.9 Å². The van der Waals surface area contributed by atoms with Crippen LogP contribution in [0, 0.1) is 19.7 Å². The van der Waals surface area contributed by atoms with E-state index in [1.807, 2.05) is 19.9 Å². The van der Waals surface area contributed by atoms with Gasteiger partial charge in [0.05, 0.1) is 0 Å². The monoisotopic (exact) mass is 410 g/mol. The third-order valence-corrected chi connectivity index (χ3v) is 5.02. The van der Waals surface area contributed by atoms with Crippen LogP contribution in [0.5, 0.6) is 0 Å². The van der Waals surface area contributed by atoms with Crippen LogP contribution in [-0.4, -0.2) is 51.8 Å². The first-order valence-corrected chi connectivity index (χ1v) is 9.63. The SMILES string of the molecule is Cc1nc(C)c(Cc2cccc(F)c2)c(N2CCN(C(=O)C(Cl)Cl)CC2)n1. The van der Waals surface area contributed by atoms with E-state index in [4.69, 9.17) is 23.2 Å². The highest BCUT2D eigenvalue weighted by atomic mass is 35.5. The number of halogens is 3. The van der Waals surface area contributed by atoms with Gasteiger partial charge in [0.1, 0.15) is 17.5 Å². The molecule has 1 aromatic heterocycles. The van der Waals surface area contributed by atoms with Gasteiger partial charge in [0.25, 0.3) is 5.91 Å². The molecule has 0 spiro atoms. The minimum absolute atomic E-state index is 0.261. The van der Waals surface area contributed by atoms with E-state index in [2.05, 4.69) is 14.9 Å². The summed E-state index contributed by atoms with van der Waals surface area (Å²) in [5.41, 5.74) is 2.72. The van der Waals surface area contributed by atoms with E-state index in [9.17, 15) is 9.18 Å². The zero-order chi connectivity index (χ0) is 19.6. The Kier molecular flexibility index (Phi) is 6.17. The predicted molar refractivity (Wildman–Crippen MR) is 105 cm³/mol. The highest BCUT2D eigenvalue weighted by Gasteiger charge is 2.27. The van der Waals surface area contributed by atoms with Gasteiger partial charge in [-0.25, -0.2) is 14.4 Å². The van der Waals surface area contributed by atoms with E-state index < -0.39 is 4.84 Å². The smallest absolute Gasteiger partial charge is 0.255 e. The number of hydrogen-bond donors (Lipinski definition) is 0. The van der Waals surface area contributed by atoms with Gasteiger partial charge in [-0.05, 0) is 31.5 Å². The maximum absolute atomic E-state index is 13.6. The second-order valence-electron chi connectivity index (χ2n) is 6.58. The number of anilines is 1. The van der Waals surface area contributed by atoms with Crippen molar-refractivity contribution >= 4 is 34.9 Å². The molecule has 1 aliphatic rings. The molecule has 1 amide bonds. The van der Waals surface area contributed by atoms with Crippen LogP contribution in [0.15, 0.2) is 24.3 Å². The van der Waals surface area contributed by atoms with Crippen LogP contribution in [-0.2, 0) is 11.2 Å². The van der Waals surface area contributed by atoms with Crippen molar-refractivity contribution in [3.05, 3.63) is 52.7 Å². The number of piperazine rings is 1. The summed E-state index contributed by atoms with van der Waals surface area (Å²) in [6, 6.07) is 6.55. The summed E-state index contributed by atoms with van der Waals surface area (Å²) in [4.78, 5) is 23.9. The zero-order valence-corrected chi connectivity index (χ0v) is 16.8. The molecule has 2 heterocycles. The number of alkyl halides is 2. The van der Waals surface area contributed by atoms with Gasteiger partial charge in [0.2, 0.25) is 0 Å². The Labute approximate surface area is 168 Å². The summed E-state index contributed by atoms with van der Waals surface area (Å²) < 4.78 is 13.6. The van der Waals surface area contributed by atoms with Crippen molar-refractivity contribution in [3.63, 3.8) is 0 Å². The molecule has 1 fully saturated rings. The molecule has 3 rings (SSSR count). The van der Waals surface area contributed by atoms with Gasteiger partial charge in [-0.1, -0.05) is 35.3 Å². The van der Waals surface area contributed by atoms with Crippen LogP contribution < -0.4 is 4.90 Å². The summed E-state index contributed by atoms with van der Waals surface area (Å²) in [5, 5.41) is 0. The van der Waals surface area contributed by atoms with Crippen molar-refractivity contribution in [3.8, 4) is 0 Å². The first-order valence-electron chi connectivity index (χ1n) is 8.75. The molecule has 2 aromatic rings. The number of rotatable bonds is 4. The number of carbonyl (C=O) groups excluding carboxylic acids is 1. The van der Waals surface area contributed by atoms with E-state index in [-0.39, 0.29) is 11.7 Å². The molecule has 0 radical (unpaired) electrons. The molecule has 1 aliphatic heterocycles. The Morgan fingerprint density at radius 1 is 1.19 bits per heavy atom. The lowest BCUT2D eigenvalue weighted by Crippen LogP contribution is -2.50. The molecule has 27 heavy (non-hydrogen) atoms. The summed E-state index contributed by atoms with van der Waals surface area (Å²) >= 11 is 11.4. The summed E-state index contributed by atoms with van der Waals surface area (Å²) in [6.07, 6.45) is 0.545. The molecular formula is C19H21Cl2FN4O. The van der Waals surface area contributed by atoms with Gasteiger partial charge < -0.3 is 9.80 Å². The normalized spacial score (nSPS) is 14.7. The third kappa shape index (κ3) is 4.68. The first-order chi connectivity index (χ1) is 12.8. The van der Waals surface area contributed by atoms with Crippen molar-refractivity contribution in [2.24, 2.45) is 0 Å². The van der Waals surface area contributed by atoms with Crippen LogP contribution in [0.1, 0.15) is 22.6 Å². The fourth-order valence-corrected chi connectivity index (χ4v) is 3.59. The highest BCUT2D eigenvalue weighted by Crippen LogP contribution is 2.25. The van der Waals surface area contributed by atoms with E-state index in [0.29, 0.717) is 38.4 Å². The molecule has 0 bridgehead atoms. The topological polar surface area (TPSA) is 49.3 Å². The molecule has 0 N–H and O–H groups in total. The number of nitrogens with zero attached hydrogens (tertiary/aromatic N) is 4. The second kappa shape index (κ2) is 8.40. The number of amides is 1. The minimum Gasteiger partial charge on any atom is -0.353 e. The van der Waals surface area contributed by atoms with Crippen molar-refractivity contribution < 1.29 is 9.18 Å². The molecule has 8 heteroatoms. The Hall–Kier alpha value is -1.92. The summed E-state index contributed by atoms with van der Waals surface area (Å²) in [6.45, 7) is 6.09. The van der Waals surface area contributed by atoms with Gasteiger partial charge in [-0.2, -0.15) is 0 Å².